The first-order valence-corrected chi connectivity index (χ1v) is 12.1. The second-order valence-electron chi connectivity index (χ2n) is 8.70. The quantitative estimate of drug-likeness (QED) is 0.646. The van der Waals surface area contributed by atoms with E-state index in [4.69, 9.17) is 4.74 Å². The number of halogens is 1. The van der Waals surface area contributed by atoms with Crippen LogP contribution >= 0.6 is 11.8 Å². The van der Waals surface area contributed by atoms with Crippen LogP contribution in [0.1, 0.15) is 49.5 Å². The van der Waals surface area contributed by atoms with E-state index in [9.17, 15) is 14.4 Å². The van der Waals surface area contributed by atoms with Crippen LogP contribution in [0.15, 0.2) is 33.6 Å². The predicted octanol–water partition coefficient (Wildman–Crippen LogP) is 4.07. The summed E-state index contributed by atoms with van der Waals surface area (Å²) in [6.07, 6.45) is 4.15. The summed E-state index contributed by atoms with van der Waals surface area (Å²) in [4.78, 5) is 41.0. The zero-order chi connectivity index (χ0) is 22.6. The van der Waals surface area contributed by atoms with Crippen molar-refractivity contribution in [3.05, 3.63) is 50.4 Å². The van der Waals surface area contributed by atoms with Gasteiger partial charge in [0.1, 0.15) is 11.4 Å². The number of thioether (sulfide) groups is 1. The standard InChI is InChI=1S/C24H25FN2O4S/c1-3-31-24(30)17-11-27(14-4-5-14)19-9-20(18(25)8-15(19)23(17)29)26-7-6-21-16(10-26)22(28)13(2)12-32-21/h8-9,11,13-14H,3-7,10,12H2,1-2H3. The molecule has 0 amide bonds. The normalized spacial score (nSPS) is 21.2. The molecule has 5 rings (SSSR count). The molecule has 6 nitrogen and oxygen atoms in total. The van der Waals surface area contributed by atoms with Crippen molar-refractivity contribution in [3.63, 3.8) is 0 Å². The number of carbonyl (C=O) groups excluding carboxylic acids is 2. The predicted molar refractivity (Wildman–Crippen MR) is 123 cm³/mol. The van der Waals surface area contributed by atoms with Gasteiger partial charge in [0, 0.05) is 48.0 Å². The molecule has 168 valence electrons. The summed E-state index contributed by atoms with van der Waals surface area (Å²) in [6, 6.07) is 3.12. The largest absolute Gasteiger partial charge is 0.462 e. The summed E-state index contributed by atoms with van der Waals surface area (Å²) >= 11 is 1.74. The molecule has 2 aromatic rings. The highest BCUT2D eigenvalue weighted by atomic mass is 32.2. The number of hydrogen-bond acceptors (Lipinski definition) is 6. The van der Waals surface area contributed by atoms with E-state index in [0.717, 1.165) is 29.1 Å². The molecule has 1 aromatic heterocycles. The third-order valence-electron chi connectivity index (χ3n) is 6.42. The van der Waals surface area contributed by atoms with Gasteiger partial charge < -0.3 is 14.2 Å². The van der Waals surface area contributed by atoms with Crippen LogP contribution in [-0.4, -0.2) is 41.8 Å². The number of anilines is 1. The van der Waals surface area contributed by atoms with Crippen molar-refractivity contribution < 1.29 is 18.7 Å². The van der Waals surface area contributed by atoms with Gasteiger partial charge in [0.2, 0.25) is 5.43 Å². The van der Waals surface area contributed by atoms with Crippen LogP contribution in [0.3, 0.4) is 0 Å². The van der Waals surface area contributed by atoms with E-state index < -0.39 is 17.2 Å². The summed E-state index contributed by atoms with van der Waals surface area (Å²) in [6.45, 7) is 4.77. The highest BCUT2D eigenvalue weighted by molar-refractivity contribution is 8.03. The SMILES string of the molecule is CCOC(=O)c1cn(C2CC2)c2cc(N3CCC4=C(C3)C(=O)C(C)CS4)c(F)cc2c1=O. The molecule has 8 heteroatoms. The molecule has 0 radical (unpaired) electrons. The average Bonchev–Trinajstić information content (AvgIpc) is 3.62. The van der Waals surface area contributed by atoms with Crippen LogP contribution in [0.25, 0.3) is 10.9 Å². The Morgan fingerprint density at radius 1 is 1.28 bits per heavy atom. The Hall–Kier alpha value is -2.61. The topological polar surface area (TPSA) is 68.6 Å². The van der Waals surface area contributed by atoms with Crippen molar-refractivity contribution in [2.75, 3.05) is 30.3 Å². The Kier molecular flexibility index (Phi) is 5.35. The molecule has 1 fully saturated rings. The van der Waals surface area contributed by atoms with Gasteiger partial charge in [0.05, 0.1) is 17.8 Å². The number of ether oxygens (including phenoxy) is 1. The molecule has 32 heavy (non-hydrogen) atoms. The third kappa shape index (κ3) is 3.54. The minimum atomic E-state index is -0.684. The highest BCUT2D eigenvalue weighted by Crippen LogP contribution is 2.40. The van der Waals surface area contributed by atoms with Crippen molar-refractivity contribution in [2.45, 2.75) is 39.2 Å². The smallest absolute Gasteiger partial charge is 0.343 e. The van der Waals surface area contributed by atoms with Crippen molar-refractivity contribution in [3.8, 4) is 0 Å². The monoisotopic (exact) mass is 456 g/mol. The molecule has 1 unspecified atom stereocenters. The first kappa shape index (κ1) is 21.2. The van der Waals surface area contributed by atoms with Crippen molar-refractivity contribution in [1.82, 2.24) is 4.57 Å². The molecule has 3 heterocycles. The summed E-state index contributed by atoms with van der Waals surface area (Å²) in [5.41, 5.74) is 1.20. The Labute approximate surface area is 189 Å². The van der Waals surface area contributed by atoms with Crippen LogP contribution < -0.4 is 10.3 Å². The van der Waals surface area contributed by atoms with Crippen LogP contribution in [0, 0.1) is 11.7 Å². The Morgan fingerprint density at radius 3 is 2.78 bits per heavy atom. The number of hydrogen-bond donors (Lipinski definition) is 0. The molecule has 1 atom stereocenters. The number of benzene rings is 1. The van der Waals surface area contributed by atoms with Crippen molar-refractivity contribution >= 4 is 40.1 Å². The highest BCUT2D eigenvalue weighted by Gasteiger charge is 2.33. The van der Waals surface area contributed by atoms with E-state index >= 15 is 4.39 Å². The summed E-state index contributed by atoms with van der Waals surface area (Å²) in [7, 11) is 0. The number of fused-ring (bicyclic) bond motifs is 1. The molecule has 2 aliphatic heterocycles. The summed E-state index contributed by atoms with van der Waals surface area (Å²) in [5.74, 6) is -0.277. The van der Waals surface area contributed by atoms with E-state index in [-0.39, 0.29) is 35.3 Å². The van der Waals surface area contributed by atoms with E-state index in [1.165, 1.54) is 6.07 Å². The van der Waals surface area contributed by atoms with E-state index in [1.807, 2.05) is 16.4 Å². The number of carbonyl (C=O) groups is 2. The van der Waals surface area contributed by atoms with Crippen LogP contribution in [0.2, 0.25) is 0 Å². The maximum Gasteiger partial charge on any atom is 0.343 e. The summed E-state index contributed by atoms with van der Waals surface area (Å²) in [5, 5.41) is 0.179. The number of ketones is 1. The molecular weight excluding hydrogens is 431 g/mol. The fourth-order valence-corrected chi connectivity index (χ4v) is 5.71. The molecule has 1 aromatic carbocycles. The first-order chi connectivity index (χ1) is 15.4. The number of pyridine rings is 1. The lowest BCUT2D eigenvalue weighted by molar-refractivity contribution is -0.118. The van der Waals surface area contributed by atoms with Crippen molar-refractivity contribution in [2.24, 2.45) is 5.92 Å². The lowest BCUT2D eigenvalue weighted by Crippen LogP contribution is -2.38. The molecule has 0 N–H and O–H groups in total. The minimum absolute atomic E-state index is 0.0264. The van der Waals surface area contributed by atoms with Gasteiger partial charge in [-0.1, -0.05) is 6.92 Å². The van der Waals surface area contributed by atoms with Gasteiger partial charge in [-0.25, -0.2) is 9.18 Å². The third-order valence-corrected chi connectivity index (χ3v) is 7.89. The second kappa shape index (κ2) is 8.06. The zero-order valence-corrected chi connectivity index (χ0v) is 19.0. The lowest BCUT2D eigenvalue weighted by atomic mass is 9.96. The van der Waals surface area contributed by atoms with Gasteiger partial charge in [-0.3, -0.25) is 9.59 Å². The maximum absolute atomic E-state index is 15.3. The average molecular weight is 457 g/mol. The number of esters is 1. The van der Waals surface area contributed by atoms with Gasteiger partial charge in [-0.2, -0.15) is 0 Å². The molecule has 3 aliphatic rings. The lowest BCUT2D eigenvalue weighted by Gasteiger charge is -2.35. The molecule has 1 saturated carbocycles. The number of nitrogens with zero attached hydrogens (tertiary/aromatic N) is 2. The molecular formula is C24H25FN2O4S. The molecule has 0 saturated heterocycles. The molecule has 1 aliphatic carbocycles. The maximum atomic E-state index is 15.3. The first-order valence-electron chi connectivity index (χ1n) is 11.1. The van der Waals surface area contributed by atoms with E-state index in [0.29, 0.717) is 30.7 Å². The number of rotatable bonds is 4. The van der Waals surface area contributed by atoms with Gasteiger partial charge >= 0.3 is 5.97 Å². The number of aromatic nitrogens is 1. The summed E-state index contributed by atoms with van der Waals surface area (Å²) < 4.78 is 22.2. The van der Waals surface area contributed by atoms with Crippen LogP contribution in [-0.2, 0) is 9.53 Å². The number of Topliss-reactive ketones (excluding diaryl/α,β-unsaturated/α-hetero) is 1. The van der Waals surface area contributed by atoms with Crippen LogP contribution in [0.5, 0.6) is 0 Å². The van der Waals surface area contributed by atoms with Gasteiger partial charge in [-0.05, 0) is 43.2 Å². The Balaban J connectivity index is 1.60. The van der Waals surface area contributed by atoms with Crippen molar-refractivity contribution in [1.29, 1.82) is 0 Å². The van der Waals surface area contributed by atoms with Gasteiger partial charge in [0.25, 0.3) is 0 Å². The molecule has 0 bridgehead atoms. The van der Waals surface area contributed by atoms with Crippen LogP contribution in [0.4, 0.5) is 10.1 Å². The molecule has 0 spiro atoms. The van der Waals surface area contributed by atoms with Gasteiger partial charge in [0.15, 0.2) is 5.78 Å². The fraction of sp³-hybridized carbons (Fsp3) is 0.458. The second-order valence-corrected chi connectivity index (χ2v) is 9.82. The minimum Gasteiger partial charge on any atom is -0.462 e. The Morgan fingerprint density at radius 2 is 2.06 bits per heavy atom. The fourth-order valence-electron chi connectivity index (χ4n) is 4.53. The van der Waals surface area contributed by atoms with Gasteiger partial charge in [-0.15, -0.1) is 11.8 Å². The Bertz CT molecular complexity index is 1230. The van der Waals surface area contributed by atoms with E-state index in [2.05, 4.69) is 0 Å². The zero-order valence-electron chi connectivity index (χ0n) is 18.2. The van der Waals surface area contributed by atoms with E-state index in [1.54, 1.807) is 30.9 Å².